The zero-order valence-electron chi connectivity index (χ0n) is 8.51. The van der Waals surface area contributed by atoms with Gasteiger partial charge in [0.1, 0.15) is 5.54 Å². The van der Waals surface area contributed by atoms with Gasteiger partial charge in [0.05, 0.1) is 7.11 Å². The minimum absolute atomic E-state index is 0.245. The van der Waals surface area contributed by atoms with E-state index in [9.17, 15) is 4.79 Å². The van der Waals surface area contributed by atoms with Crippen LogP contribution in [-0.4, -0.2) is 18.6 Å². The van der Waals surface area contributed by atoms with Crippen LogP contribution in [0.15, 0.2) is 0 Å². The van der Waals surface area contributed by atoms with Gasteiger partial charge in [0, 0.05) is 0 Å². The smallest absolute Gasteiger partial charge is 0.325 e. The normalized spacial score (nSPS) is 34.2. The van der Waals surface area contributed by atoms with Gasteiger partial charge in [0.25, 0.3) is 0 Å². The Labute approximate surface area is 79.6 Å². The molecule has 3 heteroatoms. The van der Waals surface area contributed by atoms with Crippen LogP contribution in [-0.2, 0) is 9.53 Å². The molecule has 0 saturated heterocycles. The zero-order chi connectivity index (χ0) is 9.90. The first-order valence-corrected chi connectivity index (χ1v) is 4.99. The van der Waals surface area contributed by atoms with Crippen LogP contribution >= 0.6 is 0 Å². The van der Waals surface area contributed by atoms with Crippen LogP contribution in [0.25, 0.3) is 0 Å². The number of esters is 1. The fraction of sp³-hybridized carbons (Fsp3) is 0.900. The van der Waals surface area contributed by atoms with E-state index in [1.54, 1.807) is 0 Å². The highest BCUT2D eigenvalue weighted by Gasteiger charge is 2.39. The number of nitrogens with two attached hydrogens (primary N) is 1. The van der Waals surface area contributed by atoms with Crippen molar-refractivity contribution in [2.45, 2.75) is 44.6 Å². The zero-order valence-corrected chi connectivity index (χ0v) is 8.51. The van der Waals surface area contributed by atoms with E-state index in [0.717, 1.165) is 25.7 Å². The molecule has 0 aromatic rings. The maximum Gasteiger partial charge on any atom is 0.325 e. The molecule has 0 bridgehead atoms. The summed E-state index contributed by atoms with van der Waals surface area (Å²) in [5.41, 5.74) is 5.30. The van der Waals surface area contributed by atoms with Gasteiger partial charge >= 0.3 is 5.97 Å². The first kappa shape index (κ1) is 10.5. The molecule has 2 N–H and O–H groups in total. The standard InChI is InChI=1S/C10H19NO2/c1-3-8-5-4-6-10(11,7-8)9(12)13-2/h8H,3-7,11H2,1-2H3/t8?,10-/m0/s1. The Morgan fingerprint density at radius 1 is 1.69 bits per heavy atom. The number of ether oxygens (including phenoxy) is 1. The molecule has 1 fully saturated rings. The first-order chi connectivity index (χ1) is 6.12. The molecule has 1 unspecified atom stereocenters. The highest BCUT2D eigenvalue weighted by molar-refractivity contribution is 5.80. The highest BCUT2D eigenvalue weighted by atomic mass is 16.5. The molecular weight excluding hydrogens is 166 g/mol. The number of hydrogen-bond donors (Lipinski definition) is 1. The molecule has 0 heterocycles. The topological polar surface area (TPSA) is 52.3 Å². The first-order valence-electron chi connectivity index (χ1n) is 4.99. The predicted octanol–water partition coefficient (Wildman–Crippen LogP) is 1.46. The number of methoxy groups -OCH3 is 1. The largest absolute Gasteiger partial charge is 0.468 e. The predicted molar refractivity (Wildman–Crippen MR) is 51.2 cm³/mol. The second-order valence-electron chi connectivity index (χ2n) is 4.02. The van der Waals surface area contributed by atoms with E-state index >= 15 is 0 Å². The fourth-order valence-corrected chi connectivity index (χ4v) is 2.16. The van der Waals surface area contributed by atoms with Crippen LogP contribution in [0.2, 0.25) is 0 Å². The molecule has 2 atom stereocenters. The lowest BCUT2D eigenvalue weighted by molar-refractivity contribution is -0.149. The van der Waals surface area contributed by atoms with Crippen LogP contribution in [0, 0.1) is 5.92 Å². The van der Waals surface area contributed by atoms with Crippen LogP contribution in [0.1, 0.15) is 39.0 Å². The molecule has 0 spiro atoms. The van der Waals surface area contributed by atoms with Crippen molar-refractivity contribution < 1.29 is 9.53 Å². The van der Waals surface area contributed by atoms with Gasteiger partial charge in [-0.05, 0) is 18.8 Å². The molecule has 1 rings (SSSR count). The van der Waals surface area contributed by atoms with E-state index in [1.807, 2.05) is 0 Å². The lowest BCUT2D eigenvalue weighted by atomic mass is 9.75. The molecule has 0 amide bonds. The molecule has 1 saturated carbocycles. The van der Waals surface area contributed by atoms with E-state index in [1.165, 1.54) is 13.5 Å². The molecule has 0 aliphatic heterocycles. The molecule has 1 aliphatic rings. The van der Waals surface area contributed by atoms with Crippen molar-refractivity contribution in [1.82, 2.24) is 0 Å². The number of carbonyl (C=O) groups is 1. The van der Waals surface area contributed by atoms with Gasteiger partial charge in [-0.2, -0.15) is 0 Å². The van der Waals surface area contributed by atoms with Crippen molar-refractivity contribution in [3.63, 3.8) is 0 Å². The highest BCUT2D eigenvalue weighted by Crippen LogP contribution is 2.33. The summed E-state index contributed by atoms with van der Waals surface area (Å²) in [5, 5.41) is 0. The molecule has 0 aromatic heterocycles. The molecule has 0 radical (unpaired) electrons. The summed E-state index contributed by atoms with van der Waals surface area (Å²) in [5.74, 6) is 0.350. The fourth-order valence-electron chi connectivity index (χ4n) is 2.16. The molecule has 3 nitrogen and oxygen atoms in total. The van der Waals surface area contributed by atoms with E-state index in [0.29, 0.717) is 5.92 Å². The molecule has 1 aliphatic carbocycles. The van der Waals surface area contributed by atoms with Gasteiger partial charge in [-0.3, -0.25) is 4.79 Å². The average Bonchev–Trinajstić information content (AvgIpc) is 2.16. The summed E-state index contributed by atoms with van der Waals surface area (Å²) in [6.45, 7) is 2.15. The van der Waals surface area contributed by atoms with Gasteiger partial charge in [0.2, 0.25) is 0 Å². The van der Waals surface area contributed by atoms with Crippen LogP contribution in [0.5, 0.6) is 0 Å². The Morgan fingerprint density at radius 3 is 2.92 bits per heavy atom. The van der Waals surface area contributed by atoms with Gasteiger partial charge in [-0.25, -0.2) is 0 Å². The van der Waals surface area contributed by atoms with Crippen LogP contribution < -0.4 is 5.73 Å². The van der Waals surface area contributed by atoms with Gasteiger partial charge in [-0.1, -0.05) is 26.2 Å². The number of rotatable bonds is 2. The second-order valence-corrected chi connectivity index (χ2v) is 4.02. The molecule has 76 valence electrons. The molecule has 0 aromatic carbocycles. The minimum atomic E-state index is -0.701. The van der Waals surface area contributed by atoms with Crippen molar-refractivity contribution >= 4 is 5.97 Å². The third-order valence-corrected chi connectivity index (χ3v) is 3.06. The van der Waals surface area contributed by atoms with Crippen molar-refractivity contribution in [1.29, 1.82) is 0 Å². The Hall–Kier alpha value is -0.570. The van der Waals surface area contributed by atoms with E-state index in [-0.39, 0.29) is 5.97 Å². The van der Waals surface area contributed by atoms with Crippen molar-refractivity contribution in [3.05, 3.63) is 0 Å². The Morgan fingerprint density at radius 2 is 2.38 bits per heavy atom. The average molecular weight is 185 g/mol. The maximum atomic E-state index is 11.4. The Kier molecular flexibility index (Phi) is 3.31. The summed E-state index contributed by atoms with van der Waals surface area (Å²) in [7, 11) is 1.41. The van der Waals surface area contributed by atoms with E-state index in [2.05, 4.69) is 6.92 Å². The van der Waals surface area contributed by atoms with E-state index in [4.69, 9.17) is 10.5 Å². The number of carbonyl (C=O) groups excluding carboxylic acids is 1. The van der Waals surface area contributed by atoms with Gasteiger partial charge < -0.3 is 10.5 Å². The molecular formula is C10H19NO2. The number of hydrogen-bond acceptors (Lipinski definition) is 3. The summed E-state index contributed by atoms with van der Waals surface area (Å²) in [4.78, 5) is 11.4. The van der Waals surface area contributed by atoms with Gasteiger partial charge in [0.15, 0.2) is 0 Å². The lowest BCUT2D eigenvalue weighted by Crippen LogP contribution is -2.51. The van der Waals surface area contributed by atoms with Crippen LogP contribution in [0.4, 0.5) is 0 Å². The SMILES string of the molecule is CCC1CCC[C@@](N)(C(=O)OC)C1. The summed E-state index contributed by atoms with van der Waals surface area (Å²) >= 11 is 0. The monoisotopic (exact) mass is 185 g/mol. The quantitative estimate of drug-likeness (QED) is 0.662. The summed E-state index contributed by atoms with van der Waals surface area (Å²) in [6, 6.07) is 0. The van der Waals surface area contributed by atoms with Crippen molar-refractivity contribution in [3.8, 4) is 0 Å². The Balaban J connectivity index is 2.62. The maximum absolute atomic E-state index is 11.4. The summed E-state index contributed by atoms with van der Waals surface area (Å²) < 4.78 is 4.72. The third kappa shape index (κ3) is 2.21. The molecule has 13 heavy (non-hydrogen) atoms. The lowest BCUT2D eigenvalue weighted by Gasteiger charge is -2.35. The second kappa shape index (κ2) is 4.09. The summed E-state index contributed by atoms with van der Waals surface area (Å²) in [6.07, 6.45) is 4.92. The van der Waals surface area contributed by atoms with Crippen molar-refractivity contribution in [2.24, 2.45) is 11.7 Å². The van der Waals surface area contributed by atoms with Crippen molar-refractivity contribution in [2.75, 3.05) is 7.11 Å². The minimum Gasteiger partial charge on any atom is -0.468 e. The van der Waals surface area contributed by atoms with Gasteiger partial charge in [-0.15, -0.1) is 0 Å². The third-order valence-electron chi connectivity index (χ3n) is 3.06. The van der Waals surface area contributed by atoms with E-state index < -0.39 is 5.54 Å². The van der Waals surface area contributed by atoms with Crippen LogP contribution in [0.3, 0.4) is 0 Å². The Bertz CT molecular complexity index is 193.